The van der Waals surface area contributed by atoms with Crippen LogP contribution in [0.2, 0.25) is 5.02 Å². The van der Waals surface area contributed by atoms with Gasteiger partial charge in [-0.25, -0.2) is 4.39 Å². The number of hydrogen-bond donors (Lipinski definition) is 1. The number of anilines is 1. The van der Waals surface area contributed by atoms with Gasteiger partial charge in [-0.3, -0.25) is 24.6 Å². The Morgan fingerprint density at radius 3 is 2.31 bits per heavy atom. The summed E-state index contributed by atoms with van der Waals surface area (Å²) in [5.41, 5.74) is 0.179. The molecule has 0 radical (unpaired) electrons. The summed E-state index contributed by atoms with van der Waals surface area (Å²) in [6.45, 7) is 0. The molecule has 1 atom stereocenters. The van der Waals surface area contributed by atoms with Crippen LogP contribution in [0.5, 0.6) is 0 Å². The molecule has 32 heavy (non-hydrogen) atoms. The van der Waals surface area contributed by atoms with E-state index in [0.717, 1.165) is 23.1 Å². The number of aliphatic hydroxyl groups is 1. The first-order chi connectivity index (χ1) is 15.3. The van der Waals surface area contributed by atoms with Crippen LogP contribution in [0, 0.1) is 15.9 Å². The number of Topliss-reactive ketones (excluding diaryl/α,β-unsaturated/α-hetero) is 1. The molecular formula is C23H14ClFN2O5. The van der Waals surface area contributed by atoms with E-state index >= 15 is 0 Å². The Kier molecular flexibility index (Phi) is 5.46. The summed E-state index contributed by atoms with van der Waals surface area (Å²) >= 11 is 5.97. The van der Waals surface area contributed by atoms with E-state index < -0.39 is 34.2 Å². The van der Waals surface area contributed by atoms with Gasteiger partial charge in [0.15, 0.2) is 0 Å². The number of amides is 1. The van der Waals surface area contributed by atoms with Crippen LogP contribution in [-0.2, 0) is 9.59 Å². The Bertz CT molecular complexity index is 1270. The monoisotopic (exact) mass is 452 g/mol. The maximum Gasteiger partial charge on any atom is 0.300 e. The van der Waals surface area contributed by atoms with Gasteiger partial charge < -0.3 is 5.11 Å². The first kappa shape index (κ1) is 21.2. The van der Waals surface area contributed by atoms with Crippen molar-refractivity contribution in [3.63, 3.8) is 0 Å². The lowest BCUT2D eigenvalue weighted by Gasteiger charge is -2.25. The van der Waals surface area contributed by atoms with Crippen molar-refractivity contribution in [3.8, 4) is 0 Å². The minimum atomic E-state index is -1.06. The lowest BCUT2D eigenvalue weighted by atomic mass is 9.95. The van der Waals surface area contributed by atoms with Crippen molar-refractivity contribution in [1.29, 1.82) is 0 Å². The number of nitro benzene ring substituents is 1. The molecule has 0 spiro atoms. The Morgan fingerprint density at radius 1 is 1.03 bits per heavy atom. The van der Waals surface area contributed by atoms with E-state index in [1.807, 2.05) is 0 Å². The number of carbonyl (C=O) groups excluding carboxylic acids is 2. The Balaban J connectivity index is 1.94. The van der Waals surface area contributed by atoms with Crippen LogP contribution in [0.15, 0.2) is 78.4 Å². The summed E-state index contributed by atoms with van der Waals surface area (Å²) in [4.78, 5) is 37.6. The highest BCUT2D eigenvalue weighted by Gasteiger charge is 2.47. The van der Waals surface area contributed by atoms with E-state index in [2.05, 4.69) is 0 Å². The molecular weight excluding hydrogens is 439 g/mol. The number of benzene rings is 3. The highest BCUT2D eigenvalue weighted by atomic mass is 35.5. The van der Waals surface area contributed by atoms with Crippen molar-refractivity contribution >= 4 is 40.4 Å². The van der Waals surface area contributed by atoms with Crippen LogP contribution < -0.4 is 4.90 Å². The zero-order valence-corrected chi connectivity index (χ0v) is 17.0. The molecule has 1 saturated heterocycles. The fraction of sp³-hybridized carbons (Fsp3) is 0.0435. The molecule has 0 aliphatic carbocycles. The molecule has 160 valence electrons. The minimum Gasteiger partial charge on any atom is -0.507 e. The van der Waals surface area contributed by atoms with Crippen molar-refractivity contribution in [2.24, 2.45) is 0 Å². The van der Waals surface area contributed by atoms with Gasteiger partial charge in [-0.1, -0.05) is 35.9 Å². The van der Waals surface area contributed by atoms with Crippen molar-refractivity contribution in [3.05, 3.63) is 110 Å². The van der Waals surface area contributed by atoms with Gasteiger partial charge in [-0.2, -0.15) is 0 Å². The smallest absolute Gasteiger partial charge is 0.300 e. The number of halogens is 2. The Labute approximate surface area is 186 Å². The Morgan fingerprint density at radius 2 is 1.69 bits per heavy atom. The third-order valence-electron chi connectivity index (χ3n) is 5.07. The van der Waals surface area contributed by atoms with Crippen molar-refractivity contribution < 1.29 is 24.0 Å². The minimum absolute atomic E-state index is 0.00951. The van der Waals surface area contributed by atoms with Gasteiger partial charge in [-0.15, -0.1) is 0 Å². The summed E-state index contributed by atoms with van der Waals surface area (Å²) in [5, 5.41) is 22.5. The zero-order chi connectivity index (χ0) is 23.0. The molecule has 3 aromatic rings. The van der Waals surface area contributed by atoms with Crippen molar-refractivity contribution in [1.82, 2.24) is 0 Å². The lowest BCUT2D eigenvalue weighted by molar-refractivity contribution is -0.384. The largest absolute Gasteiger partial charge is 0.507 e. The second kappa shape index (κ2) is 8.24. The summed E-state index contributed by atoms with van der Waals surface area (Å²) in [6, 6.07) is 15.3. The molecule has 0 bridgehead atoms. The molecule has 1 aliphatic heterocycles. The van der Waals surface area contributed by atoms with E-state index in [4.69, 9.17) is 11.6 Å². The highest BCUT2D eigenvalue weighted by Crippen LogP contribution is 2.42. The molecule has 4 rings (SSSR count). The van der Waals surface area contributed by atoms with Gasteiger partial charge in [0, 0.05) is 28.4 Å². The maximum atomic E-state index is 13.5. The van der Waals surface area contributed by atoms with Crippen molar-refractivity contribution in [2.75, 3.05) is 4.90 Å². The zero-order valence-electron chi connectivity index (χ0n) is 16.2. The number of hydrogen-bond acceptors (Lipinski definition) is 5. The van der Waals surface area contributed by atoms with Gasteiger partial charge in [0.1, 0.15) is 11.6 Å². The number of aliphatic hydroxyl groups excluding tert-OH is 1. The molecule has 3 aromatic carbocycles. The SMILES string of the molecule is O=C1C(=O)N(c2ccc(F)cc2)C(c2ccc(Cl)cc2)/C1=C(/O)c1cccc([N+](=O)[O-])c1. The average Bonchev–Trinajstić information content (AvgIpc) is 3.05. The molecule has 1 fully saturated rings. The van der Waals surface area contributed by atoms with Crippen LogP contribution >= 0.6 is 11.6 Å². The molecule has 1 heterocycles. The van der Waals surface area contributed by atoms with E-state index in [9.17, 15) is 29.2 Å². The van der Waals surface area contributed by atoms with E-state index in [-0.39, 0.29) is 22.5 Å². The van der Waals surface area contributed by atoms with Gasteiger partial charge in [0.05, 0.1) is 16.5 Å². The van der Waals surface area contributed by atoms with Crippen LogP contribution in [0.4, 0.5) is 15.8 Å². The Hall–Kier alpha value is -4.04. The van der Waals surface area contributed by atoms with Gasteiger partial charge in [0.2, 0.25) is 0 Å². The maximum absolute atomic E-state index is 13.5. The predicted octanol–water partition coefficient (Wildman–Crippen LogP) is 5.01. The standard InChI is InChI=1S/C23H14ClFN2O5/c24-15-6-4-13(5-7-15)20-19(21(28)14-2-1-3-18(12-14)27(31)32)22(29)23(30)26(20)17-10-8-16(25)9-11-17/h1-12,20,28H/b21-19-. The number of rotatable bonds is 4. The summed E-state index contributed by atoms with van der Waals surface area (Å²) in [7, 11) is 0. The fourth-order valence-corrected chi connectivity index (χ4v) is 3.71. The number of non-ortho nitro benzene ring substituents is 1. The van der Waals surface area contributed by atoms with Crippen LogP contribution in [0.3, 0.4) is 0 Å². The van der Waals surface area contributed by atoms with E-state index in [0.29, 0.717) is 10.6 Å². The molecule has 0 saturated carbocycles. The van der Waals surface area contributed by atoms with E-state index in [1.54, 1.807) is 24.3 Å². The summed E-state index contributed by atoms with van der Waals surface area (Å²) < 4.78 is 13.5. The predicted molar refractivity (Wildman–Crippen MR) is 116 cm³/mol. The molecule has 1 amide bonds. The fourth-order valence-electron chi connectivity index (χ4n) is 3.58. The van der Waals surface area contributed by atoms with Gasteiger partial charge >= 0.3 is 0 Å². The lowest BCUT2D eigenvalue weighted by Crippen LogP contribution is -2.29. The number of nitro groups is 1. The van der Waals surface area contributed by atoms with Crippen LogP contribution in [0.25, 0.3) is 5.76 Å². The number of nitrogens with zero attached hydrogens (tertiary/aromatic N) is 2. The highest BCUT2D eigenvalue weighted by molar-refractivity contribution is 6.51. The number of carbonyl (C=O) groups is 2. The molecule has 9 heteroatoms. The van der Waals surface area contributed by atoms with E-state index in [1.165, 1.54) is 30.3 Å². The van der Waals surface area contributed by atoms with Crippen molar-refractivity contribution in [2.45, 2.75) is 6.04 Å². The molecule has 1 unspecified atom stereocenters. The van der Waals surface area contributed by atoms with Crippen LogP contribution in [0.1, 0.15) is 17.2 Å². The summed E-state index contributed by atoms with van der Waals surface area (Å²) in [5.74, 6) is -2.98. The second-order valence-electron chi connectivity index (χ2n) is 7.00. The van der Waals surface area contributed by atoms with Crippen LogP contribution in [-0.4, -0.2) is 21.7 Å². The second-order valence-corrected chi connectivity index (χ2v) is 7.44. The summed E-state index contributed by atoms with van der Waals surface area (Å²) in [6.07, 6.45) is 0. The first-order valence-corrected chi connectivity index (χ1v) is 9.72. The first-order valence-electron chi connectivity index (χ1n) is 9.35. The molecule has 7 nitrogen and oxygen atoms in total. The normalized spacial score (nSPS) is 17.6. The molecule has 0 aromatic heterocycles. The topological polar surface area (TPSA) is 101 Å². The molecule has 1 aliphatic rings. The number of ketones is 1. The quantitative estimate of drug-likeness (QED) is 0.197. The van der Waals surface area contributed by atoms with Gasteiger partial charge in [0.25, 0.3) is 17.4 Å². The average molecular weight is 453 g/mol. The molecule has 1 N–H and O–H groups in total. The third kappa shape index (κ3) is 3.72. The third-order valence-corrected chi connectivity index (χ3v) is 5.32. The van der Waals surface area contributed by atoms with Gasteiger partial charge in [-0.05, 0) is 42.0 Å².